The van der Waals surface area contributed by atoms with Gasteiger partial charge in [-0.15, -0.1) is 0 Å². The van der Waals surface area contributed by atoms with Crippen molar-refractivity contribution in [3.05, 3.63) is 0 Å². The second kappa shape index (κ2) is 8.96. The second-order valence-corrected chi connectivity index (χ2v) is 6.32. The van der Waals surface area contributed by atoms with Crippen molar-refractivity contribution in [2.45, 2.75) is 45.6 Å². The van der Waals surface area contributed by atoms with Gasteiger partial charge in [0.25, 0.3) is 0 Å². The molecule has 0 saturated heterocycles. The van der Waals surface area contributed by atoms with Gasteiger partial charge in [0, 0.05) is 12.6 Å². The summed E-state index contributed by atoms with van der Waals surface area (Å²) in [4.78, 5) is 0. The summed E-state index contributed by atoms with van der Waals surface area (Å²) in [6.45, 7) is 4.76. The Morgan fingerprint density at radius 2 is 1.94 bits per heavy atom. The van der Waals surface area contributed by atoms with Gasteiger partial charge in [0.05, 0.1) is 11.5 Å². The lowest BCUT2D eigenvalue weighted by molar-refractivity contribution is 0.270. The predicted octanol–water partition coefficient (Wildman–Crippen LogP) is 0.952. The number of unbranched alkanes of at least 4 members (excludes halogenated alkanes) is 2. The Morgan fingerprint density at radius 3 is 2.44 bits per heavy atom. The van der Waals surface area contributed by atoms with Crippen molar-refractivity contribution in [1.82, 2.24) is 5.32 Å². The molecule has 0 heterocycles. The first-order chi connectivity index (χ1) is 7.55. The van der Waals surface area contributed by atoms with Crippen LogP contribution in [0.25, 0.3) is 0 Å². The summed E-state index contributed by atoms with van der Waals surface area (Å²) in [5.74, 6) is 0.416. The molecule has 0 spiro atoms. The maximum atomic E-state index is 11.7. The summed E-state index contributed by atoms with van der Waals surface area (Å²) in [6, 6.07) is -0.110. The Balaban J connectivity index is 4.08. The maximum absolute atomic E-state index is 11.7. The molecule has 0 aromatic heterocycles. The van der Waals surface area contributed by atoms with E-state index < -0.39 is 9.84 Å². The molecule has 16 heavy (non-hydrogen) atoms. The summed E-state index contributed by atoms with van der Waals surface area (Å²) in [5, 5.41) is 11.9. The summed E-state index contributed by atoms with van der Waals surface area (Å²) in [7, 11) is -2.97. The number of nitrogens with one attached hydrogen (secondary N) is 1. The van der Waals surface area contributed by atoms with Gasteiger partial charge in [0.1, 0.15) is 0 Å². The van der Waals surface area contributed by atoms with Crippen LogP contribution in [0.15, 0.2) is 0 Å². The van der Waals surface area contributed by atoms with Crippen molar-refractivity contribution < 1.29 is 13.5 Å². The Hall–Kier alpha value is -0.130. The van der Waals surface area contributed by atoms with E-state index in [0.29, 0.717) is 6.42 Å². The average molecular weight is 251 g/mol. The molecule has 2 N–H and O–H groups in total. The minimum Gasteiger partial charge on any atom is -0.396 e. The van der Waals surface area contributed by atoms with Gasteiger partial charge < -0.3 is 10.4 Å². The molecule has 98 valence electrons. The Labute approximate surface area is 99.4 Å². The van der Waals surface area contributed by atoms with Gasteiger partial charge in [-0.05, 0) is 19.4 Å². The molecule has 1 unspecified atom stereocenters. The normalized spacial score (nSPS) is 13.9. The fourth-order valence-electron chi connectivity index (χ4n) is 1.65. The van der Waals surface area contributed by atoms with Crippen LogP contribution >= 0.6 is 0 Å². The number of sulfone groups is 1. The van der Waals surface area contributed by atoms with Crippen molar-refractivity contribution >= 4 is 9.84 Å². The third-order valence-electron chi connectivity index (χ3n) is 2.48. The molecule has 0 aliphatic heterocycles. The molecule has 0 amide bonds. The zero-order valence-electron chi connectivity index (χ0n) is 10.4. The standard InChI is InChI=1S/C11H25NO3S/c1-3-5-6-9-16(14,15)10-11(7-8-13)12-4-2/h11-13H,3-10H2,1-2H3. The minimum absolute atomic E-state index is 0.0299. The van der Waals surface area contributed by atoms with Crippen LogP contribution in [0.2, 0.25) is 0 Å². The number of hydrogen-bond acceptors (Lipinski definition) is 4. The van der Waals surface area contributed by atoms with Gasteiger partial charge in [-0.1, -0.05) is 26.7 Å². The topological polar surface area (TPSA) is 66.4 Å². The molecular weight excluding hydrogens is 226 g/mol. The fraction of sp³-hybridized carbons (Fsp3) is 1.00. The number of aliphatic hydroxyl groups is 1. The highest BCUT2D eigenvalue weighted by Gasteiger charge is 2.17. The highest BCUT2D eigenvalue weighted by molar-refractivity contribution is 7.91. The Kier molecular flexibility index (Phi) is 8.89. The summed E-state index contributed by atoms with van der Waals surface area (Å²) >= 11 is 0. The van der Waals surface area contributed by atoms with Crippen molar-refractivity contribution in [3.63, 3.8) is 0 Å². The van der Waals surface area contributed by atoms with Crippen LogP contribution in [-0.4, -0.2) is 44.2 Å². The van der Waals surface area contributed by atoms with E-state index in [1.165, 1.54) is 0 Å². The molecule has 0 aromatic rings. The lowest BCUT2D eigenvalue weighted by atomic mass is 10.2. The molecule has 1 atom stereocenters. The third-order valence-corrected chi connectivity index (χ3v) is 4.31. The zero-order valence-corrected chi connectivity index (χ0v) is 11.2. The van der Waals surface area contributed by atoms with E-state index in [4.69, 9.17) is 5.11 Å². The summed E-state index contributed by atoms with van der Waals surface area (Å²) < 4.78 is 23.5. The van der Waals surface area contributed by atoms with E-state index in [2.05, 4.69) is 12.2 Å². The largest absolute Gasteiger partial charge is 0.396 e. The van der Waals surface area contributed by atoms with Crippen molar-refractivity contribution in [1.29, 1.82) is 0 Å². The van der Waals surface area contributed by atoms with E-state index in [-0.39, 0.29) is 24.2 Å². The van der Waals surface area contributed by atoms with Gasteiger partial charge in [0.15, 0.2) is 9.84 Å². The van der Waals surface area contributed by atoms with Crippen LogP contribution in [0.3, 0.4) is 0 Å². The van der Waals surface area contributed by atoms with E-state index in [1.54, 1.807) is 0 Å². The van der Waals surface area contributed by atoms with Crippen LogP contribution in [0.4, 0.5) is 0 Å². The average Bonchev–Trinajstić information content (AvgIpc) is 2.18. The van der Waals surface area contributed by atoms with Gasteiger partial charge in [-0.2, -0.15) is 0 Å². The Bertz CT molecular complexity index is 246. The molecule has 0 aliphatic carbocycles. The molecule has 5 heteroatoms. The van der Waals surface area contributed by atoms with Crippen molar-refractivity contribution in [2.24, 2.45) is 0 Å². The SMILES string of the molecule is CCCCCS(=O)(=O)CC(CCO)NCC. The van der Waals surface area contributed by atoms with Crippen LogP contribution < -0.4 is 5.32 Å². The van der Waals surface area contributed by atoms with Crippen LogP contribution in [0.1, 0.15) is 39.5 Å². The van der Waals surface area contributed by atoms with E-state index in [9.17, 15) is 8.42 Å². The van der Waals surface area contributed by atoms with Crippen LogP contribution in [0.5, 0.6) is 0 Å². The molecule has 0 aromatic carbocycles. The first-order valence-electron chi connectivity index (χ1n) is 6.10. The van der Waals surface area contributed by atoms with Gasteiger partial charge in [0.2, 0.25) is 0 Å². The minimum atomic E-state index is -2.97. The molecule has 0 saturated carbocycles. The molecule has 0 rings (SSSR count). The van der Waals surface area contributed by atoms with Crippen LogP contribution in [-0.2, 0) is 9.84 Å². The summed E-state index contributed by atoms with van der Waals surface area (Å²) in [5.41, 5.74) is 0. The molecule has 0 bridgehead atoms. The number of hydrogen-bond donors (Lipinski definition) is 2. The molecule has 0 aliphatic rings. The maximum Gasteiger partial charge on any atom is 0.151 e. The monoisotopic (exact) mass is 251 g/mol. The quantitative estimate of drug-likeness (QED) is 0.567. The number of rotatable bonds is 10. The summed E-state index contributed by atoms with van der Waals surface area (Å²) in [6.07, 6.45) is 3.24. The van der Waals surface area contributed by atoms with Crippen LogP contribution in [0, 0.1) is 0 Å². The van der Waals surface area contributed by atoms with E-state index in [0.717, 1.165) is 25.8 Å². The zero-order chi connectivity index (χ0) is 12.4. The predicted molar refractivity (Wildman–Crippen MR) is 67.3 cm³/mol. The van der Waals surface area contributed by atoms with Crippen molar-refractivity contribution in [2.75, 3.05) is 24.7 Å². The first kappa shape index (κ1) is 15.9. The van der Waals surface area contributed by atoms with Crippen molar-refractivity contribution in [3.8, 4) is 0 Å². The molecule has 0 radical (unpaired) electrons. The van der Waals surface area contributed by atoms with E-state index in [1.807, 2.05) is 6.92 Å². The van der Waals surface area contributed by atoms with Gasteiger partial charge >= 0.3 is 0 Å². The fourth-order valence-corrected chi connectivity index (χ4v) is 3.36. The second-order valence-electron chi connectivity index (χ2n) is 4.09. The number of aliphatic hydroxyl groups excluding tert-OH is 1. The first-order valence-corrected chi connectivity index (χ1v) is 7.92. The Morgan fingerprint density at radius 1 is 1.25 bits per heavy atom. The highest BCUT2D eigenvalue weighted by atomic mass is 32.2. The lowest BCUT2D eigenvalue weighted by Gasteiger charge is -2.16. The lowest BCUT2D eigenvalue weighted by Crippen LogP contribution is -2.37. The third kappa shape index (κ3) is 8.07. The molecule has 4 nitrogen and oxygen atoms in total. The smallest absolute Gasteiger partial charge is 0.151 e. The molecular formula is C11H25NO3S. The van der Waals surface area contributed by atoms with E-state index >= 15 is 0 Å². The molecule has 0 fully saturated rings. The highest BCUT2D eigenvalue weighted by Crippen LogP contribution is 2.04. The van der Waals surface area contributed by atoms with Gasteiger partial charge in [-0.3, -0.25) is 0 Å². The van der Waals surface area contributed by atoms with Gasteiger partial charge in [-0.25, -0.2) is 8.42 Å².